The van der Waals surface area contributed by atoms with Gasteiger partial charge in [-0.25, -0.2) is 4.68 Å². The van der Waals surface area contributed by atoms with E-state index in [1.54, 1.807) is 11.8 Å². The molecule has 4 nitrogen and oxygen atoms in total. The summed E-state index contributed by atoms with van der Waals surface area (Å²) in [6.45, 7) is 3.70. The summed E-state index contributed by atoms with van der Waals surface area (Å²) in [5, 5.41) is 4.36. The first kappa shape index (κ1) is 11.4. The topological polar surface area (TPSA) is 44.1 Å². The van der Waals surface area contributed by atoms with Gasteiger partial charge in [0.05, 0.1) is 29.7 Å². The van der Waals surface area contributed by atoms with Crippen LogP contribution < -0.4 is 4.74 Å². The zero-order chi connectivity index (χ0) is 12.4. The highest BCUT2D eigenvalue weighted by atomic mass is 16.5. The second-order valence-electron chi connectivity index (χ2n) is 3.82. The van der Waals surface area contributed by atoms with Gasteiger partial charge in [0.2, 0.25) is 0 Å². The van der Waals surface area contributed by atoms with Crippen molar-refractivity contribution in [2.45, 2.75) is 13.8 Å². The maximum atomic E-state index is 10.9. The SMILES string of the molecule is COc1cccc(-n2nc(C)c(C=O)c2C)c1. The lowest BCUT2D eigenvalue weighted by atomic mass is 10.2. The fourth-order valence-corrected chi connectivity index (χ4v) is 1.82. The Labute approximate surface area is 99.8 Å². The predicted octanol–water partition coefficient (Wildman–Crippen LogP) is 2.31. The molecule has 0 atom stereocenters. The highest BCUT2D eigenvalue weighted by Gasteiger charge is 2.11. The van der Waals surface area contributed by atoms with Gasteiger partial charge >= 0.3 is 0 Å². The third-order valence-corrected chi connectivity index (χ3v) is 2.76. The Morgan fingerprint density at radius 2 is 2.12 bits per heavy atom. The molecule has 1 aromatic heterocycles. The van der Waals surface area contributed by atoms with Crippen LogP contribution in [0.1, 0.15) is 21.7 Å². The van der Waals surface area contributed by atoms with Crippen LogP contribution in [-0.4, -0.2) is 23.2 Å². The molecule has 0 saturated heterocycles. The molecule has 0 amide bonds. The molecule has 0 unspecified atom stereocenters. The van der Waals surface area contributed by atoms with Crippen molar-refractivity contribution in [2.75, 3.05) is 7.11 Å². The van der Waals surface area contributed by atoms with Crippen LogP contribution in [0.4, 0.5) is 0 Å². The molecule has 0 bridgehead atoms. The number of hydrogen-bond donors (Lipinski definition) is 0. The summed E-state index contributed by atoms with van der Waals surface area (Å²) in [5.74, 6) is 0.766. The average Bonchev–Trinajstić information content (AvgIpc) is 2.64. The summed E-state index contributed by atoms with van der Waals surface area (Å²) in [6.07, 6.45) is 0.842. The summed E-state index contributed by atoms with van der Waals surface area (Å²) in [5.41, 5.74) is 3.11. The van der Waals surface area contributed by atoms with E-state index in [2.05, 4.69) is 5.10 Å². The number of carbonyl (C=O) groups is 1. The maximum absolute atomic E-state index is 10.9. The smallest absolute Gasteiger partial charge is 0.153 e. The normalized spacial score (nSPS) is 10.3. The van der Waals surface area contributed by atoms with Crippen LogP contribution in [-0.2, 0) is 0 Å². The largest absolute Gasteiger partial charge is 0.497 e. The molecule has 1 aromatic carbocycles. The quantitative estimate of drug-likeness (QED) is 0.760. The molecule has 0 aliphatic heterocycles. The van der Waals surface area contributed by atoms with E-state index >= 15 is 0 Å². The number of aromatic nitrogens is 2. The Morgan fingerprint density at radius 3 is 2.71 bits per heavy atom. The third kappa shape index (κ3) is 1.93. The molecular formula is C13H14N2O2. The van der Waals surface area contributed by atoms with Gasteiger partial charge in [0.25, 0.3) is 0 Å². The standard InChI is InChI=1S/C13H14N2O2/c1-9-13(8-16)10(2)15(14-9)11-5-4-6-12(7-11)17-3/h4-8H,1-3H3. The minimum absolute atomic E-state index is 0.646. The maximum Gasteiger partial charge on any atom is 0.153 e. The van der Waals surface area contributed by atoms with Crippen LogP contribution in [0.3, 0.4) is 0 Å². The van der Waals surface area contributed by atoms with Gasteiger partial charge in [0.1, 0.15) is 5.75 Å². The van der Waals surface area contributed by atoms with Crippen molar-refractivity contribution < 1.29 is 9.53 Å². The van der Waals surface area contributed by atoms with Gasteiger partial charge in [-0.05, 0) is 26.0 Å². The second kappa shape index (κ2) is 4.41. The van der Waals surface area contributed by atoms with Crippen molar-refractivity contribution in [3.05, 3.63) is 41.2 Å². The van der Waals surface area contributed by atoms with Crippen molar-refractivity contribution in [3.8, 4) is 11.4 Å². The number of carbonyl (C=O) groups excluding carboxylic acids is 1. The molecule has 2 rings (SSSR count). The summed E-state index contributed by atoms with van der Waals surface area (Å²) < 4.78 is 6.92. The number of aldehydes is 1. The van der Waals surface area contributed by atoms with Crippen LogP contribution in [0, 0.1) is 13.8 Å². The van der Waals surface area contributed by atoms with Gasteiger partial charge in [0, 0.05) is 6.07 Å². The van der Waals surface area contributed by atoms with Crippen LogP contribution >= 0.6 is 0 Å². The van der Waals surface area contributed by atoms with E-state index < -0.39 is 0 Å². The fraction of sp³-hybridized carbons (Fsp3) is 0.231. The lowest BCUT2D eigenvalue weighted by Gasteiger charge is -2.06. The molecule has 0 aliphatic rings. The van der Waals surface area contributed by atoms with E-state index in [0.717, 1.165) is 29.1 Å². The van der Waals surface area contributed by atoms with Gasteiger partial charge in [-0.1, -0.05) is 6.07 Å². The third-order valence-electron chi connectivity index (χ3n) is 2.76. The number of rotatable bonds is 3. The molecule has 17 heavy (non-hydrogen) atoms. The lowest BCUT2D eigenvalue weighted by molar-refractivity contribution is 0.112. The van der Waals surface area contributed by atoms with E-state index in [9.17, 15) is 4.79 Å². The molecule has 4 heteroatoms. The number of aryl methyl sites for hydroxylation is 1. The van der Waals surface area contributed by atoms with Crippen molar-refractivity contribution >= 4 is 6.29 Å². The highest BCUT2D eigenvalue weighted by Crippen LogP contribution is 2.20. The highest BCUT2D eigenvalue weighted by molar-refractivity contribution is 5.78. The first-order valence-corrected chi connectivity index (χ1v) is 5.33. The van der Waals surface area contributed by atoms with E-state index in [0.29, 0.717) is 5.56 Å². The van der Waals surface area contributed by atoms with E-state index in [-0.39, 0.29) is 0 Å². The van der Waals surface area contributed by atoms with Gasteiger partial charge in [-0.2, -0.15) is 5.10 Å². The molecule has 1 heterocycles. The number of methoxy groups -OCH3 is 1. The first-order valence-electron chi connectivity index (χ1n) is 5.33. The fourth-order valence-electron chi connectivity index (χ4n) is 1.82. The average molecular weight is 230 g/mol. The molecule has 88 valence electrons. The Hall–Kier alpha value is -2.10. The minimum atomic E-state index is 0.646. The molecule has 2 aromatic rings. The van der Waals surface area contributed by atoms with Crippen molar-refractivity contribution in [1.29, 1.82) is 0 Å². The van der Waals surface area contributed by atoms with Crippen LogP contribution in [0.2, 0.25) is 0 Å². The van der Waals surface area contributed by atoms with Crippen molar-refractivity contribution in [3.63, 3.8) is 0 Å². The van der Waals surface area contributed by atoms with Gasteiger partial charge in [-0.3, -0.25) is 4.79 Å². The summed E-state index contributed by atoms with van der Waals surface area (Å²) >= 11 is 0. The number of hydrogen-bond acceptors (Lipinski definition) is 3. The second-order valence-corrected chi connectivity index (χ2v) is 3.82. The number of ether oxygens (including phenoxy) is 1. The summed E-state index contributed by atoms with van der Waals surface area (Å²) in [6, 6.07) is 7.57. The Morgan fingerprint density at radius 1 is 1.35 bits per heavy atom. The lowest BCUT2D eigenvalue weighted by Crippen LogP contribution is -1.99. The molecular weight excluding hydrogens is 216 g/mol. The molecule has 0 N–H and O–H groups in total. The van der Waals surface area contributed by atoms with E-state index in [1.165, 1.54) is 0 Å². The van der Waals surface area contributed by atoms with Gasteiger partial charge in [-0.15, -0.1) is 0 Å². The van der Waals surface area contributed by atoms with Crippen molar-refractivity contribution in [1.82, 2.24) is 9.78 Å². The Balaban J connectivity index is 2.56. The van der Waals surface area contributed by atoms with Crippen molar-refractivity contribution in [2.24, 2.45) is 0 Å². The van der Waals surface area contributed by atoms with Gasteiger partial charge < -0.3 is 4.74 Å². The molecule has 0 saturated carbocycles. The predicted molar refractivity (Wildman–Crippen MR) is 65.0 cm³/mol. The number of benzene rings is 1. The van der Waals surface area contributed by atoms with Crippen LogP contribution in [0.5, 0.6) is 5.75 Å². The Kier molecular flexibility index (Phi) is 2.95. The first-order chi connectivity index (χ1) is 8.17. The monoisotopic (exact) mass is 230 g/mol. The molecule has 0 spiro atoms. The van der Waals surface area contributed by atoms with Crippen LogP contribution in [0.25, 0.3) is 5.69 Å². The minimum Gasteiger partial charge on any atom is -0.497 e. The number of nitrogens with zero attached hydrogens (tertiary/aromatic N) is 2. The Bertz CT molecular complexity index is 559. The summed E-state index contributed by atoms with van der Waals surface area (Å²) in [4.78, 5) is 10.9. The zero-order valence-electron chi connectivity index (χ0n) is 10.1. The molecule has 0 radical (unpaired) electrons. The van der Waals surface area contributed by atoms with Crippen LogP contribution in [0.15, 0.2) is 24.3 Å². The summed E-state index contributed by atoms with van der Waals surface area (Å²) in [7, 11) is 1.62. The molecule has 0 fully saturated rings. The molecule has 0 aliphatic carbocycles. The van der Waals surface area contributed by atoms with E-state index in [1.807, 2.05) is 38.1 Å². The van der Waals surface area contributed by atoms with E-state index in [4.69, 9.17) is 4.74 Å². The zero-order valence-corrected chi connectivity index (χ0v) is 10.1. The van der Waals surface area contributed by atoms with Gasteiger partial charge in [0.15, 0.2) is 6.29 Å².